The highest BCUT2D eigenvalue weighted by Crippen LogP contribution is 2.18. The summed E-state index contributed by atoms with van der Waals surface area (Å²) >= 11 is 3.57. The van der Waals surface area contributed by atoms with Crippen LogP contribution in [0.1, 0.15) is 19.3 Å². The van der Waals surface area contributed by atoms with Gasteiger partial charge in [-0.3, -0.25) is 0 Å². The number of rotatable bonds is 8. The Morgan fingerprint density at radius 2 is 1.94 bits per heavy atom. The standard InChI is InChI=1S/C12H24BrNO2/c1-15-9-10-16-8-2-5-14-6-3-12(11-13)4-7-14/h12H,2-11H2,1H3. The zero-order valence-electron chi connectivity index (χ0n) is 10.3. The van der Waals surface area contributed by atoms with Gasteiger partial charge in [-0.25, -0.2) is 0 Å². The zero-order valence-corrected chi connectivity index (χ0v) is 11.9. The van der Waals surface area contributed by atoms with E-state index in [4.69, 9.17) is 9.47 Å². The van der Waals surface area contributed by atoms with Crippen LogP contribution < -0.4 is 0 Å². The first-order valence-electron chi connectivity index (χ1n) is 6.21. The van der Waals surface area contributed by atoms with E-state index in [1.807, 2.05) is 0 Å². The van der Waals surface area contributed by atoms with Crippen LogP contribution in [0.15, 0.2) is 0 Å². The normalized spacial score (nSPS) is 19.1. The molecule has 1 rings (SSSR count). The number of ether oxygens (including phenoxy) is 2. The summed E-state index contributed by atoms with van der Waals surface area (Å²) < 4.78 is 10.4. The first kappa shape index (κ1) is 14.4. The lowest BCUT2D eigenvalue weighted by molar-refractivity contribution is 0.0633. The molecule has 0 aromatic rings. The van der Waals surface area contributed by atoms with Gasteiger partial charge < -0.3 is 14.4 Å². The summed E-state index contributed by atoms with van der Waals surface area (Å²) in [6.07, 6.45) is 3.83. The van der Waals surface area contributed by atoms with Crippen LogP contribution >= 0.6 is 15.9 Å². The van der Waals surface area contributed by atoms with Gasteiger partial charge in [-0.1, -0.05) is 15.9 Å². The van der Waals surface area contributed by atoms with Crippen LogP contribution in [0.25, 0.3) is 0 Å². The molecular weight excluding hydrogens is 270 g/mol. The second-order valence-electron chi connectivity index (χ2n) is 4.40. The van der Waals surface area contributed by atoms with Gasteiger partial charge in [0.25, 0.3) is 0 Å². The summed E-state index contributed by atoms with van der Waals surface area (Å²) in [5.74, 6) is 0.897. The molecule has 0 amide bonds. The summed E-state index contributed by atoms with van der Waals surface area (Å²) in [6.45, 7) is 5.99. The van der Waals surface area contributed by atoms with Crippen LogP contribution in [0, 0.1) is 5.92 Å². The molecule has 16 heavy (non-hydrogen) atoms. The predicted octanol–water partition coefficient (Wildman–Crippen LogP) is 2.15. The number of hydrogen-bond acceptors (Lipinski definition) is 3. The Bertz CT molecular complexity index is 161. The zero-order chi connectivity index (χ0) is 11.6. The van der Waals surface area contributed by atoms with Gasteiger partial charge >= 0.3 is 0 Å². The largest absolute Gasteiger partial charge is 0.382 e. The molecule has 0 aromatic heterocycles. The van der Waals surface area contributed by atoms with Crippen LogP contribution in [-0.4, -0.2) is 56.8 Å². The summed E-state index contributed by atoms with van der Waals surface area (Å²) in [4.78, 5) is 2.55. The topological polar surface area (TPSA) is 21.7 Å². The third kappa shape index (κ3) is 6.18. The van der Waals surface area contributed by atoms with Crippen LogP contribution in [0.2, 0.25) is 0 Å². The van der Waals surface area contributed by atoms with E-state index in [0.717, 1.165) is 25.6 Å². The van der Waals surface area contributed by atoms with Gasteiger partial charge in [0.1, 0.15) is 0 Å². The Morgan fingerprint density at radius 3 is 2.56 bits per heavy atom. The number of likely N-dealkylation sites (tertiary alicyclic amines) is 1. The molecule has 0 aromatic carbocycles. The molecule has 0 radical (unpaired) electrons. The summed E-state index contributed by atoms with van der Waals surface area (Å²) in [5, 5.41) is 1.17. The van der Waals surface area contributed by atoms with Crippen molar-refractivity contribution in [1.29, 1.82) is 0 Å². The Hall–Kier alpha value is 0.360. The van der Waals surface area contributed by atoms with E-state index in [9.17, 15) is 0 Å². The number of nitrogens with zero attached hydrogens (tertiary/aromatic N) is 1. The fourth-order valence-electron chi connectivity index (χ4n) is 2.00. The van der Waals surface area contributed by atoms with E-state index in [1.165, 1.54) is 37.8 Å². The molecule has 4 heteroatoms. The maximum Gasteiger partial charge on any atom is 0.0700 e. The average molecular weight is 294 g/mol. The first-order chi connectivity index (χ1) is 7.86. The Balaban J connectivity index is 1.90. The number of piperidine rings is 1. The lowest BCUT2D eigenvalue weighted by Crippen LogP contribution is -2.35. The maximum atomic E-state index is 5.45. The minimum absolute atomic E-state index is 0.705. The molecular formula is C12H24BrNO2. The third-order valence-corrected chi connectivity index (χ3v) is 4.04. The SMILES string of the molecule is COCCOCCCN1CCC(CBr)CC1. The van der Waals surface area contributed by atoms with Gasteiger partial charge in [0.15, 0.2) is 0 Å². The lowest BCUT2D eigenvalue weighted by atomic mass is 9.99. The molecule has 1 aliphatic heterocycles. The summed E-state index contributed by atoms with van der Waals surface area (Å²) in [6, 6.07) is 0. The molecule has 3 nitrogen and oxygen atoms in total. The molecule has 1 fully saturated rings. The molecule has 0 bridgehead atoms. The maximum absolute atomic E-state index is 5.45. The Kier molecular flexibility index (Phi) is 8.47. The van der Waals surface area contributed by atoms with E-state index in [1.54, 1.807) is 7.11 Å². The summed E-state index contributed by atoms with van der Waals surface area (Å²) in [5.41, 5.74) is 0. The van der Waals surface area contributed by atoms with Crippen LogP contribution in [0.5, 0.6) is 0 Å². The fourth-order valence-corrected chi connectivity index (χ4v) is 2.65. The van der Waals surface area contributed by atoms with E-state index < -0.39 is 0 Å². The van der Waals surface area contributed by atoms with Crippen LogP contribution in [0.4, 0.5) is 0 Å². The minimum Gasteiger partial charge on any atom is -0.382 e. The lowest BCUT2D eigenvalue weighted by Gasteiger charge is -2.30. The fraction of sp³-hybridized carbons (Fsp3) is 1.00. The molecule has 0 N–H and O–H groups in total. The van der Waals surface area contributed by atoms with Gasteiger partial charge in [0.2, 0.25) is 0 Å². The van der Waals surface area contributed by atoms with Crippen molar-refractivity contribution >= 4 is 15.9 Å². The van der Waals surface area contributed by atoms with Gasteiger partial charge in [0, 0.05) is 25.6 Å². The van der Waals surface area contributed by atoms with Crippen molar-refractivity contribution in [2.45, 2.75) is 19.3 Å². The van der Waals surface area contributed by atoms with Crippen LogP contribution in [-0.2, 0) is 9.47 Å². The highest BCUT2D eigenvalue weighted by molar-refractivity contribution is 9.09. The van der Waals surface area contributed by atoms with E-state index in [2.05, 4.69) is 20.8 Å². The molecule has 0 aliphatic carbocycles. The molecule has 1 saturated heterocycles. The molecule has 1 heterocycles. The van der Waals surface area contributed by atoms with Crippen molar-refractivity contribution in [3.63, 3.8) is 0 Å². The second-order valence-corrected chi connectivity index (χ2v) is 5.05. The van der Waals surface area contributed by atoms with E-state index >= 15 is 0 Å². The molecule has 0 atom stereocenters. The highest BCUT2D eigenvalue weighted by atomic mass is 79.9. The highest BCUT2D eigenvalue weighted by Gasteiger charge is 2.17. The number of hydrogen-bond donors (Lipinski definition) is 0. The quantitative estimate of drug-likeness (QED) is 0.506. The molecule has 0 unspecified atom stereocenters. The molecule has 1 aliphatic rings. The number of halogens is 1. The molecule has 96 valence electrons. The molecule has 0 saturated carbocycles. The average Bonchev–Trinajstić information content (AvgIpc) is 2.34. The van der Waals surface area contributed by atoms with Crippen molar-refractivity contribution in [3.8, 4) is 0 Å². The van der Waals surface area contributed by atoms with E-state index in [0.29, 0.717) is 6.61 Å². The van der Waals surface area contributed by atoms with Crippen molar-refractivity contribution in [1.82, 2.24) is 4.90 Å². The molecule has 0 spiro atoms. The monoisotopic (exact) mass is 293 g/mol. The van der Waals surface area contributed by atoms with Gasteiger partial charge in [-0.15, -0.1) is 0 Å². The Labute approximate surface area is 108 Å². The third-order valence-electron chi connectivity index (χ3n) is 3.12. The van der Waals surface area contributed by atoms with Crippen molar-refractivity contribution < 1.29 is 9.47 Å². The van der Waals surface area contributed by atoms with Crippen molar-refractivity contribution in [3.05, 3.63) is 0 Å². The Morgan fingerprint density at radius 1 is 1.19 bits per heavy atom. The van der Waals surface area contributed by atoms with Crippen LogP contribution in [0.3, 0.4) is 0 Å². The predicted molar refractivity (Wildman–Crippen MR) is 70.3 cm³/mol. The second kappa shape index (κ2) is 9.40. The van der Waals surface area contributed by atoms with Gasteiger partial charge in [0.05, 0.1) is 13.2 Å². The smallest absolute Gasteiger partial charge is 0.0700 e. The van der Waals surface area contributed by atoms with Crippen molar-refractivity contribution in [2.24, 2.45) is 5.92 Å². The minimum atomic E-state index is 0.705. The van der Waals surface area contributed by atoms with Gasteiger partial charge in [-0.05, 0) is 38.3 Å². The summed E-state index contributed by atoms with van der Waals surface area (Å²) in [7, 11) is 1.71. The number of alkyl halides is 1. The van der Waals surface area contributed by atoms with E-state index in [-0.39, 0.29) is 0 Å². The first-order valence-corrected chi connectivity index (χ1v) is 7.34. The van der Waals surface area contributed by atoms with Crippen molar-refractivity contribution in [2.75, 3.05) is 51.9 Å². The van der Waals surface area contributed by atoms with Gasteiger partial charge in [-0.2, -0.15) is 0 Å². The number of methoxy groups -OCH3 is 1.